The minimum Gasteiger partial charge on any atom is -0.480 e. The normalized spacial score (nSPS) is 22.3. The summed E-state index contributed by atoms with van der Waals surface area (Å²) in [5.41, 5.74) is 6.50. The number of aliphatic carboxylic acids is 1. The lowest BCUT2D eigenvalue weighted by atomic mass is 10.2. The number of carboxylic acids is 1. The average molecular weight is 265 g/mol. The van der Waals surface area contributed by atoms with Crippen LogP contribution >= 0.6 is 0 Å². The molecular weight excluding hydrogens is 250 g/mol. The number of benzene rings is 1. The van der Waals surface area contributed by atoms with E-state index < -0.39 is 24.1 Å². The van der Waals surface area contributed by atoms with Crippen molar-refractivity contribution < 1.29 is 19.8 Å². The highest BCUT2D eigenvalue weighted by molar-refractivity contribution is 5.95. The van der Waals surface area contributed by atoms with Gasteiger partial charge in [0.25, 0.3) is 0 Å². The molecule has 19 heavy (non-hydrogen) atoms. The molecule has 0 radical (unpaired) electrons. The number of aliphatic hydroxyl groups is 1. The Morgan fingerprint density at radius 1 is 1.37 bits per heavy atom. The Bertz CT molecular complexity index is 506. The summed E-state index contributed by atoms with van der Waals surface area (Å²) in [4.78, 5) is 24.1. The van der Waals surface area contributed by atoms with Gasteiger partial charge in [-0.15, -0.1) is 0 Å². The monoisotopic (exact) mass is 265 g/mol. The summed E-state index contributed by atoms with van der Waals surface area (Å²) in [6.45, 7) is -0.00443. The van der Waals surface area contributed by atoms with Crippen molar-refractivity contribution in [2.45, 2.75) is 18.6 Å². The van der Waals surface area contributed by atoms with Gasteiger partial charge in [-0.1, -0.05) is 12.1 Å². The number of amides is 2. The fourth-order valence-electron chi connectivity index (χ4n) is 2.07. The molecule has 0 aromatic heterocycles. The van der Waals surface area contributed by atoms with E-state index in [4.69, 9.17) is 10.8 Å². The van der Waals surface area contributed by atoms with Crippen molar-refractivity contribution in [3.63, 3.8) is 0 Å². The standard InChI is InChI=1S/C12H15N3O4/c13-8-3-1-2-4-9(8)14-12(19)15-6-7(16)5-10(15)11(17)18/h1-4,7,10,16H,5-6,13H2,(H,14,19)(H,17,18)/t7?,10-/m0/s1. The smallest absolute Gasteiger partial charge is 0.326 e. The highest BCUT2D eigenvalue weighted by Gasteiger charge is 2.39. The number of likely N-dealkylation sites (tertiary alicyclic amines) is 1. The van der Waals surface area contributed by atoms with Crippen molar-refractivity contribution in [1.82, 2.24) is 4.90 Å². The fraction of sp³-hybridized carbons (Fsp3) is 0.333. The Labute approximate surface area is 109 Å². The molecule has 2 rings (SSSR count). The highest BCUT2D eigenvalue weighted by Crippen LogP contribution is 2.22. The van der Waals surface area contributed by atoms with Crippen molar-refractivity contribution in [1.29, 1.82) is 0 Å². The van der Waals surface area contributed by atoms with Crippen LogP contribution in [0.5, 0.6) is 0 Å². The molecule has 7 heteroatoms. The van der Waals surface area contributed by atoms with Crippen LogP contribution in [0.25, 0.3) is 0 Å². The number of hydrogen-bond acceptors (Lipinski definition) is 4. The molecule has 1 aliphatic heterocycles. The van der Waals surface area contributed by atoms with Gasteiger partial charge in [0.15, 0.2) is 0 Å². The third-order valence-corrected chi connectivity index (χ3v) is 3.03. The Hall–Kier alpha value is -2.28. The van der Waals surface area contributed by atoms with Crippen LogP contribution in [-0.4, -0.2) is 45.8 Å². The van der Waals surface area contributed by atoms with E-state index in [0.29, 0.717) is 11.4 Å². The Balaban J connectivity index is 2.11. The van der Waals surface area contributed by atoms with Crippen LogP contribution in [0.2, 0.25) is 0 Å². The Kier molecular flexibility index (Phi) is 3.57. The number of urea groups is 1. The minimum atomic E-state index is -1.13. The number of hydrogen-bond donors (Lipinski definition) is 4. The first kappa shape index (κ1) is 13.2. The molecule has 102 valence electrons. The molecule has 1 unspecified atom stereocenters. The molecular formula is C12H15N3O4. The molecule has 0 spiro atoms. The summed E-state index contributed by atoms with van der Waals surface area (Å²) >= 11 is 0. The third kappa shape index (κ3) is 2.76. The zero-order valence-electron chi connectivity index (χ0n) is 10.1. The second kappa shape index (κ2) is 5.15. The van der Waals surface area contributed by atoms with Gasteiger partial charge in [-0.3, -0.25) is 0 Å². The quantitative estimate of drug-likeness (QED) is 0.575. The van der Waals surface area contributed by atoms with Crippen molar-refractivity contribution in [3.8, 4) is 0 Å². The topological polar surface area (TPSA) is 116 Å². The molecule has 1 fully saturated rings. The first-order valence-corrected chi connectivity index (χ1v) is 5.82. The lowest BCUT2D eigenvalue weighted by molar-refractivity contribution is -0.141. The van der Waals surface area contributed by atoms with Gasteiger partial charge in [0, 0.05) is 13.0 Å². The summed E-state index contributed by atoms with van der Waals surface area (Å²) in [5.74, 6) is -1.13. The van der Waals surface area contributed by atoms with Crippen LogP contribution in [0.4, 0.5) is 16.2 Å². The maximum Gasteiger partial charge on any atom is 0.326 e. The van der Waals surface area contributed by atoms with Gasteiger partial charge < -0.3 is 26.2 Å². The molecule has 2 amide bonds. The zero-order valence-corrected chi connectivity index (χ0v) is 10.1. The Morgan fingerprint density at radius 3 is 2.68 bits per heavy atom. The van der Waals surface area contributed by atoms with E-state index in [0.717, 1.165) is 4.90 Å². The second-order valence-corrected chi connectivity index (χ2v) is 4.41. The summed E-state index contributed by atoms with van der Waals surface area (Å²) in [6, 6.07) is 5.09. The van der Waals surface area contributed by atoms with Gasteiger partial charge >= 0.3 is 12.0 Å². The van der Waals surface area contributed by atoms with Crippen LogP contribution in [-0.2, 0) is 4.79 Å². The summed E-state index contributed by atoms with van der Waals surface area (Å²) < 4.78 is 0. The van der Waals surface area contributed by atoms with Gasteiger partial charge in [-0.2, -0.15) is 0 Å². The van der Waals surface area contributed by atoms with Gasteiger partial charge in [0.05, 0.1) is 17.5 Å². The molecule has 2 atom stereocenters. The molecule has 7 nitrogen and oxygen atoms in total. The first-order chi connectivity index (χ1) is 8.99. The first-order valence-electron chi connectivity index (χ1n) is 5.82. The van der Waals surface area contributed by atoms with Crippen LogP contribution in [0, 0.1) is 0 Å². The van der Waals surface area contributed by atoms with Gasteiger partial charge in [0.2, 0.25) is 0 Å². The number of carbonyl (C=O) groups excluding carboxylic acids is 1. The van der Waals surface area contributed by atoms with E-state index >= 15 is 0 Å². The number of carbonyl (C=O) groups is 2. The predicted octanol–water partition coefficient (Wildman–Crippen LogP) is 0.320. The number of nitrogen functional groups attached to an aromatic ring is 1. The summed E-state index contributed by atoms with van der Waals surface area (Å²) in [5, 5.41) is 21.0. The fourth-order valence-corrected chi connectivity index (χ4v) is 2.07. The van der Waals surface area contributed by atoms with Crippen LogP contribution in [0.1, 0.15) is 6.42 Å². The minimum absolute atomic E-state index is 0.00443. The molecule has 0 saturated carbocycles. The largest absolute Gasteiger partial charge is 0.480 e. The maximum atomic E-state index is 12.0. The molecule has 5 N–H and O–H groups in total. The molecule has 1 aromatic rings. The van der Waals surface area contributed by atoms with Crippen molar-refractivity contribution in [2.24, 2.45) is 0 Å². The number of para-hydroxylation sites is 2. The number of anilines is 2. The number of nitrogens with two attached hydrogens (primary N) is 1. The third-order valence-electron chi connectivity index (χ3n) is 3.03. The van der Waals surface area contributed by atoms with Crippen LogP contribution in [0.15, 0.2) is 24.3 Å². The highest BCUT2D eigenvalue weighted by atomic mass is 16.4. The summed E-state index contributed by atoms with van der Waals surface area (Å²) in [7, 11) is 0. The Morgan fingerprint density at radius 2 is 2.05 bits per heavy atom. The molecule has 1 aliphatic rings. The SMILES string of the molecule is Nc1ccccc1NC(=O)N1CC(O)C[C@H]1C(=O)O. The van der Waals surface area contributed by atoms with Crippen molar-refractivity contribution in [2.75, 3.05) is 17.6 Å². The lowest BCUT2D eigenvalue weighted by Gasteiger charge is -2.22. The molecule has 1 heterocycles. The van der Waals surface area contributed by atoms with E-state index in [2.05, 4.69) is 5.32 Å². The predicted molar refractivity (Wildman–Crippen MR) is 68.6 cm³/mol. The molecule has 1 aromatic carbocycles. The maximum absolute atomic E-state index is 12.0. The number of aliphatic hydroxyl groups excluding tert-OH is 1. The summed E-state index contributed by atoms with van der Waals surface area (Å²) in [6.07, 6.45) is -0.785. The molecule has 1 saturated heterocycles. The zero-order chi connectivity index (χ0) is 14.0. The van der Waals surface area contributed by atoms with Gasteiger partial charge in [-0.05, 0) is 12.1 Å². The second-order valence-electron chi connectivity index (χ2n) is 4.41. The van der Waals surface area contributed by atoms with E-state index in [1.165, 1.54) is 0 Å². The number of nitrogens with zero attached hydrogens (tertiary/aromatic N) is 1. The molecule has 0 bridgehead atoms. The van der Waals surface area contributed by atoms with E-state index in [1.807, 2.05) is 0 Å². The van der Waals surface area contributed by atoms with Crippen molar-refractivity contribution in [3.05, 3.63) is 24.3 Å². The van der Waals surface area contributed by atoms with Gasteiger partial charge in [0.1, 0.15) is 6.04 Å². The van der Waals surface area contributed by atoms with E-state index in [-0.39, 0.29) is 13.0 Å². The van der Waals surface area contributed by atoms with E-state index in [9.17, 15) is 14.7 Å². The van der Waals surface area contributed by atoms with Crippen LogP contribution < -0.4 is 11.1 Å². The number of rotatable bonds is 2. The van der Waals surface area contributed by atoms with Gasteiger partial charge in [-0.25, -0.2) is 9.59 Å². The average Bonchev–Trinajstić information content (AvgIpc) is 2.74. The molecule has 0 aliphatic carbocycles. The van der Waals surface area contributed by atoms with Crippen molar-refractivity contribution >= 4 is 23.4 Å². The van der Waals surface area contributed by atoms with E-state index in [1.54, 1.807) is 24.3 Å². The number of nitrogens with one attached hydrogen (secondary N) is 1. The lowest BCUT2D eigenvalue weighted by Crippen LogP contribution is -2.43. The number of β-amino-alcohol motifs (C(OH)–C–C–N with tert-alkyl or cyclic N) is 1. The van der Waals surface area contributed by atoms with Crippen LogP contribution in [0.3, 0.4) is 0 Å². The number of carboxylic acid groups (broad SMARTS) is 1.